The molecule has 1 fully saturated rings. The summed E-state index contributed by atoms with van der Waals surface area (Å²) in [4.78, 5) is 26.8. The molecule has 1 aliphatic heterocycles. The SMILES string of the molecule is CCCCOC[C@@]1(c2ccnn2S(=O)(=O)C(F)(F)F)O[C@@H](n2cc(C)c(=O)[nH]c2=O)[C@@H](OS(=O)(=O)C(F)(F)F)C1OCCCC. The number of hydrogen-bond acceptors (Lipinski definition) is 11. The van der Waals surface area contributed by atoms with Crippen LogP contribution in [0.4, 0.5) is 26.3 Å². The van der Waals surface area contributed by atoms with Gasteiger partial charge in [-0.15, -0.1) is 0 Å². The zero-order chi connectivity index (χ0) is 34.0. The Morgan fingerprint density at radius 3 is 2.22 bits per heavy atom. The molecule has 1 N–H and O–H groups in total. The summed E-state index contributed by atoms with van der Waals surface area (Å²) in [5, 5.41) is 3.26. The van der Waals surface area contributed by atoms with Crippen LogP contribution in [0.5, 0.6) is 0 Å². The molecule has 0 saturated carbocycles. The third-order valence-electron chi connectivity index (χ3n) is 6.63. The number of aromatic nitrogens is 4. The predicted molar refractivity (Wildman–Crippen MR) is 141 cm³/mol. The highest BCUT2D eigenvalue weighted by molar-refractivity contribution is 7.90. The van der Waals surface area contributed by atoms with Crippen LogP contribution in [-0.2, 0) is 44.1 Å². The van der Waals surface area contributed by atoms with Crippen molar-refractivity contribution in [2.24, 2.45) is 0 Å². The third kappa shape index (κ3) is 7.29. The number of nitrogens with one attached hydrogen (secondary N) is 1. The maximum Gasteiger partial charge on any atom is 0.523 e. The maximum atomic E-state index is 13.7. The lowest BCUT2D eigenvalue weighted by atomic mass is 9.92. The molecule has 2 aromatic heterocycles. The minimum absolute atomic E-state index is 0.127. The van der Waals surface area contributed by atoms with Crippen LogP contribution in [0.2, 0.25) is 0 Å². The van der Waals surface area contributed by atoms with Crippen molar-refractivity contribution in [3.05, 3.63) is 50.6 Å². The van der Waals surface area contributed by atoms with Crippen LogP contribution in [0.25, 0.3) is 0 Å². The van der Waals surface area contributed by atoms with E-state index in [-0.39, 0.29) is 25.2 Å². The van der Waals surface area contributed by atoms with E-state index in [1.807, 2.05) is 4.98 Å². The highest BCUT2D eigenvalue weighted by atomic mass is 32.2. The van der Waals surface area contributed by atoms with E-state index in [2.05, 4.69) is 9.28 Å². The minimum atomic E-state index is -6.54. The lowest BCUT2D eigenvalue weighted by molar-refractivity contribution is -0.162. The average Bonchev–Trinajstić information content (AvgIpc) is 3.53. The molecule has 0 radical (unpaired) electrons. The number of ether oxygens (including phenoxy) is 3. The van der Waals surface area contributed by atoms with Crippen molar-refractivity contribution in [3.63, 3.8) is 0 Å². The van der Waals surface area contributed by atoms with E-state index in [0.29, 0.717) is 30.0 Å². The molecular formula is C23H30F6N4O10S2. The van der Waals surface area contributed by atoms with Crippen molar-refractivity contribution in [2.75, 3.05) is 19.8 Å². The van der Waals surface area contributed by atoms with Gasteiger partial charge in [-0.1, -0.05) is 26.7 Å². The van der Waals surface area contributed by atoms with Gasteiger partial charge in [0.1, 0.15) is 6.10 Å². The van der Waals surface area contributed by atoms with E-state index in [4.69, 9.17) is 14.2 Å². The van der Waals surface area contributed by atoms with Crippen LogP contribution in [0.1, 0.15) is 57.0 Å². The van der Waals surface area contributed by atoms with Crippen LogP contribution >= 0.6 is 0 Å². The molecular weight excluding hydrogens is 670 g/mol. The van der Waals surface area contributed by atoms with Crippen molar-refractivity contribution < 1.29 is 61.6 Å². The van der Waals surface area contributed by atoms with E-state index >= 15 is 0 Å². The van der Waals surface area contributed by atoms with Gasteiger partial charge in [0.2, 0.25) is 0 Å². The molecule has 3 rings (SSSR count). The molecule has 0 aromatic carbocycles. The molecule has 256 valence electrons. The monoisotopic (exact) mass is 700 g/mol. The molecule has 1 aliphatic rings. The van der Waals surface area contributed by atoms with Crippen molar-refractivity contribution in [1.82, 2.24) is 18.7 Å². The first-order valence-electron chi connectivity index (χ1n) is 13.3. The Balaban J connectivity index is 2.42. The lowest BCUT2D eigenvalue weighted by Gasteiger charge is -2.35. The fourth-order valence-electron chi connectivity index (χ4n) is 4.39. The summed E-state index contributed by atoms with van der Waals surface area (Å²) in [6.07, 6.45) is -4.14. The van der Waals surface area contributed by atoms with Gasteiger partial charge in [0, 0.05) is 25.0 Å². The minimum Gasteiger partial charge on any atom is -0.378 e. The molecule has 1 unspecified atom stereocenters. The summed E-state index contributed by atoms with van der Waals surface area (Å²) in [6.45, 7) is 3.15. The Kier molecular flexibility index (Phi) is 11.0. The Morgan fingerprint density at radius 1 is 1.02 bits per heavy atom. The second-order valence-corrected chi connectivity index (χ2v) is 13.2. The van der Waals surface area contributed by atoms with E-state index in [0.717, 1.165) is 12.3 Å². The molecule has 4 atom stereocenters. The first kappa shape index (κ1) is 36.7. The largest absolute Gasteiger partial charge is 0.523 e. The number of unbranched alkanes of at least 4 members (excludes halogenated alkanes) is 2. The van der Waals surface area contributed by atoms with E-state index in [9.17, 15) is 52.8 Å². The topological polar surface area (TPSA) is 178 Å². The average molecular weight is 701 g/mol. The summed E-state index contributed by atoms with van der Waals surface area (Å²) in [5.41, 5.74) is -18.2. The Bertz CT molecular complexity index is 1670. The number of hydrogen-bond donors (Lipinski definition) is 1. The molecule has 3 heterocycles. The van der Waals surface area contributed by atoms with Crippen LogP contribution in [0.15, 0.2) is 28.0 Å². The second-order valence-electron chi connectivity index (χ2n) is 9.90. The first-order chi connectivity index (χ1) is 20.7. The molecule has 1 saturated heterocycles. The van der Waals surface area contributed by atoms with Crippen molar-refractivity contribution >= 4 is 20.1 Å². The van der Waals surface area contributed by atoms with Gasteiger partial charge in [0.25, 0.3) is 5.56 Å². The first-order valence-corrected chi connectivity index (χ1v) is 16.1. The summed E-state index contributed by atoms with van der Waals surface area (Å²) in [6, 6.07) is 0.723. The number of rotatable bonds is 14. The van der Waals surface area contributed by atoms with Gasteiger partial charge in [-0.05, 0) is 25.8 Å². The van der Waals surface area contributed by atoms with Crippen LogP contribution in [-0.4, -0.2) is 78.6 Å². The molecule has 45 heavy (non-hydrogen) atoms. The van der Waals surface area contributed by atoms with Crippen LogP contribution in [0.3, 0.4) is 0 Å². The van der Waals surface area contributed by atoms with Gasteiger partial charge in [-0.3, -0.25) is 18.5 Å². The van der Waals surface area contributed by atoms with Gasteiger partial charge >= 0.3 is 36.8 Å². The Morgan fingerprint density at radius 2 is 1.64 bits per heavy atom. The quantitative estimate of drug-likeness (QED) is 0.133. The number of aromatic amines is 1. The van der Waals surface area contributed by atoms with E-state index in [1.165, 1.54) is 6.92 Å². The highest BCUT2D eigenvalue weighted by Crippen LogP contribution is 2.49. The van der Waals surface area contributed by atoms with Gasteiger partial charge in [0.15, 0.2) is 17.9 Å². The smallest absolute Gasteiger partial charge is 0.378 e. The summed E-state index contributed by atoms with van der Waals surface area (Å²) < 4.78 is 154. The summed E-state index contributed by atoms with van der Waals surface area (Å²) in [5.74, 6) is 0. The van der Waals surface area contributed by atoms with Crippen molar-refractivity contribution in [1.29, 1.82) is 0 Å². The molecule has 0 bridgehead atoms. The van der Waals surface area contributed by atoms with Gasteiger partial charge in [0.05, 0.1) is 18.5 Å². The van der Waals surface area contributed by atoms with Gasteiger partial charge in [-0.2, -0.15) is 52.4 Å². The molecule has 0 spiro atoms. The fourth-order valence-corrected chi connectivity index (χ4v) is 5.83. The van der Waals surface area contributed by atoms with Gasteiger partial charge in [-0.25, -0.2) is 4.79 Å². The Hall–Kier alpha value is -2.79. The number of aryl methyl sites for hydroxylation is 1. The molecule has 0 amide bonds. The Labute approximate surface area is 252 Å². The normalized spacial score (nSPS) is 23.1. The molecule has 22 heteroatoms. The van der Waals surface area contributed by atoms with Crippen LogP contribution < -0.4 is 11.2 Å². The maximum absolute atomic E-state index is 13.7. The fraction of sp³-hybridized carbons (Fsp3) is 0.696. The van der Waals surface area contributed by atoms with Crippen LogP contribution in [0, 0.1) is 6.92 Å². The standard InChI is InChI=1S/C23H30F6N4O10S2/c1-4-6-10-40-13-21(15-8-9-30-33(15)44(36,37)22(24,25)26)17(41-11-7-5-2)16(43-45(38,39)23(27,28)29)19(42-21)32-12-14(3)18(34)31-20(32)35/h8-9,12,16-17,19H,4-7,10-11,13H2,1-3H3,(H,31,34,35)/t16-,17?,19+,21-/m0/s1. The molecule has 14 nitrogen and oxygen atoms in total. The number of halogens is 6. The van der Waals surface area contributed by atoms with Crippen molar-refractivity contribution in [3.8, 4) is 0 Å². The molecule has 0 aliphatic carbocycles. The number of H-pyrrole nitrogens is 1. The van der Waals surface area contributed by atoms with E-state index < -0.39 is 82.8 Å². The van der Waals surface area contributed by atoms with Crippen molar-refractivity contribution in [2.45, 2.75) is 81.5 Å². The van der Waals surface area contributed by atoms with Gasteiger partial charge < -0.3 is 14.2 Å². The second kappa shape index (κ2) is 13.5. The molecule has 2 aromatic rings. The predicted octanol–water partition coefficient (Wildman–Crippen LogP) is 2.40. The number of alkyl halides is 6. The zero-order valence-corrected chi connectivity index (χ0v) is 25.6. The zero-order valence-electron chi connectivity index (χ0n) is 23.9. The lowest BCUT2D eigenvalue weighted by Crippen LogP contribution is -2.50. The summed E-state index contributed by atoms with van der Waals surface area (Å²) in [7, 11) is -12.9. The van der Waals surface area contributed by atoms with E-state index in [1.54, 1.807) is 13.8 Å². The third-order valence-corrected chi connectivity index (χ3v) is 9.00. The summed E-state index contributed by atoms with van der Waals surface area (Å²) >= 11 is 0. The number of nitrogens with zero attached hydrogens (tertiary/aromatic N) is 3. The highest BCUT2D eigenvalue weighted by Gasteiger charge is 2.64.